The summed E-state index contributed by atoms with van der Waals surface area (Å²) >= 11 is 0. The van der Waals surface area contributed by atoms with Crippen molar-refractivity contribution in [1.82, 2.24) is 4.72 Å². The third-order valence-electron chi connectivity index (χ3n) is 2.78. The Bertz CT molecular complexity index is 528. The van der Waals surface area contributed by atoms with E-state index in [4.69, 9.17) is 13.8 Å². The monoisotopic (exact) mass is 337 g/mol. The Kier molecular flexibility index (Phi) is 5.45. The van der Waals surface area contributed by atoms with E-state index in [9.17, 15) is 27.0 Å². The van der Waals surface area contributed by atoms with Crippen molar-refractivity contribution in [3.63, 3.8) is 0 Å². The molecule has 5 atom stereocenters. The van der Waals surface area contributed by atoms with E-state index < -0.39 is 57.8 Å². The first-order valence-electron chi connectivity index (χ1n) is 5.29. The summed E-state index contributed by atoms with van der Waals surface area (Å²) in [6.45, 7) is 0.681. The molecule has 0 spiro atoms. The normalized spacial score (nSPS) is 36.0. The number of hydrogen-bond donors (Lipinski definition) is 5. The maximum atomic E-state index is 10.7. The molecule has 1 heterocycles. The topological polar surface area (TPSA) is 180 Å². The quantitative estimate of drug-likeness (QED) is 0.331. The molecule has 11 nitrogen and oxygen atoms in total. The predicted octanol–water partition coefficient (Wildman–Crippen LogP) is -2.72. The summed E-state index contributed by atoms with van der Waals surface area (Å²) in [5, 5.41) is 19.4. The van der Waals surface area contributed by atoms with Crippen molar-refractivity contribution in [1.29, 1.82) is 0 Å². The molecule has 0 aromatic rings. The van der Waals surface area contributed by atoms with Crippen LogP contribution in [-0.2, 0) is 29.6 Å². The van der Waals surface area contributed by atoms with Gasteiger partial charge in [-0.05, 0) is 0 Å². The van der Waals surface area contributed by atoms with E-state index in [1.54, 1.807) is 4.72 Å². The Balaban J connectivity index is 2.76. The largest absolute Gasteiger partial charge is 0.397 e. The highest BCUT2D eigenvalue weighted by atomic mass is 32.3. The van der Waals surface area contributed by atoms with Crippen molar-refractivity contribution < 1.29 is 45.1 Å². The van der Waals surface area contributed by atoms with Crippen LogP contribution in [0.25, 0.3) is 0 Å². The van der Waals surface area contributed by atoms with Crippen molar-refractivity contribution in [2.75, 3.05) is 6.61 Å². The lowest BCUT2D eigenvalue weighted by Gasteiger charge is -2.40. The van der Waals surface area contributed by atoms with Crippen LogP contribution in [0.4, 0.5) is 0 Å². The van der Waals surface area contributed by atoms with Gasteiger partial charge in [0.25, 0.3) is 0 Å². The minimum atomic E-state index is -4.72. The summed E-state index contributed by atoms with van der Waals surface area (Å²) in [7, 11) is -9.40. The molecule has 5 N–H and O–H groups in total. The number of aliphatic hydroxyl groups excluding tert-OH is 2. The van der Waals surface area contributed by atoms with Crippen molar-refractivity contribution in [2.45, 2.75) is 31.5 Å². The van der Waals surface area contributed by atoms with Gasteiger partial charge in [0.15, 0.2) is 6.29 Å². The molecule has 0 amide bonds. The fourth-order valence-corrected chi connectivity index (χ4v) is 2.65. The highest BCUT2D eigenvalue weighted by Gasteiger charge is 2.44. The number of hydrogen-bond acceptors (Lipinski definition) is 8. The Morgan fingerprint density at radius 3 is 2.20 bits per heavy atom. The summed E-state index contributed by atoms with van der Waals surface area (Å²) in [6, 6.07) is -1.54. The van der Waals surface area contributed by atoms with Crippen molar-refractivity contribution in [2.24, 2.45) is 5.92 Å². The van der Waals surface area contributed by atoms with E-state index in [0.29, 0.717) is 0 Å². The van der Waals surface area contributed by atoms with E-state index in [1.165, 1.54) is 6.92 Å². The predicted molar refractivity (Wildman–Crippen MR) is 62.0 cm³/mol. The van der Waals surface area contributed by atoms with E-state index >= 15 is 0 Å². The molecular weight excluding hydrogens is 322 g/mol. The van der Waals surface area contributed by atoms with Gasteiger partial charge in [-0.1, -0.05) is 6.92 Å². The fraction of sp³-hybridized carbons (Fsp3) is 1.00. The van der Waals surface area contributed by atoms with Gasteiger partial charge in [0.1, 0.15) is 6.04 Å². The average molecular weight is 337 g/mol. The number of rotatable bonds is 5. The van der Waals surface area contributed by atoms with Crippen molar-refractivity contribution in [3.05, 3.63) is 0 Å². The maximum Gasteiger partial charge on any atom is 0.397 e. The van der Waals surface area contributed by atoms with Crippen LogP contribution in [0.1, 0.15) is 6.92 Å². The molecule has 0 aliphatic carbocycles. The lowest BCUT2D eigenvalue weighted by molar-refractivity contribution is -0.230. The van der Waals surface area contributed by atoms with Gasteiger partial charge in [-0.2, -0.15) is 21.6 Å². The molecule has 0 aromatic carbocycles. The molecule has 0 bridgehead atoms. The summed E-state index contributed by atoms with van der Waals surface area (Å²) in [6.07, 6.45) is -4.46. The second-order valence-corrected chi connectivity index (χ2v) is 6.52. The first kappa shape index (κ1) is 17.7. The third-order valence-corrected chi connectivity index (χ3v) is 3.78. The van der Waals surface area contributed by atoms with Gasteiger partial charge >= 0.3 is 20.7 Å². The van der Waals surface area contributed by atoms with Crippen LogP contribution < -0.4 is 4.72 Å². The van der Waals surface area contributed by atoms with Gasteiger partial charge in [0.05, 0.1) is 18.8 Å². The number of nitrogens with one attached hydrogen (secondary N) is 1. The maximum absolute atomic E-state index is 10.7. The van der Waals surface area contributed by atoms with Crippen LogP contribution in [0.3, 0.4) is 0 Å². The third kappa shape index (κ3) is 5.19. The highest BCUT2D eigenvalue weighted by Crippen LogP contribution is 2.25. The van der Waals surface area contributed by atoms with Gasteiger partial charge in [-0.3, -0.25) is 9.11 Å². The second-order valence-electron chi connectivity index (χ2n) is 4.25. The fourth-order valence-electron chi connectivity index (χ4n) is 1.75. The van der Waals surface area contributed by atoms with Gasteiger partial charge < -0.3 is 14.9 Å². The number of ether oxygens (including phenoxy) is 1. The molecule has 1 rings (SSSR count). The lowest BCUT2D eigenvalue weighted by Crippen LogP contribution is -2.61. The zero-order chi connectivity index (χ0) is 15.7. The van der Waals surface area contributed by atoms with E-state index in [0.717, 1.165) is 0 Å². The van der Waals surface area contributed by atoms with E-state index in [2.05, 4.69) is 4.18 Å². The van der Waals surface area contributed by atoms with E-state index in [1.807, 2.05) is 0 Å². The van der Waals surface area contributed by atoms with Gasteiger partial charge in [0, 0.05) is 5.92 Å². The minimum absolute atomic E-state index is 0.688. The van der Waals surface area contributed by atoms with Crippen molar-refractivity contribution in [3.8, 4) is 0 Å². The molecule has 0 radical (unpaired) electrons. The van der Waals surface area contributed by atoms with Crippen LogP contribution in [0.2, 0.25) is 0 Å². The Hall–Kier alpha value is -0.380. The molecule has 13 heteroatoms. The highest BCUT2D eigenvalue weighted by molar-refractivity contribution is 7.83. The molecule has 0 saturated carbocycles. The van der Waals surface area contributed by atoms with Crippen LogP contribution in [0.15, 0.2) is 0 Å². The Labute approximate surface area is 115 Å². The molecule has 0 aromatic heterocycles. The van der Waals surface area contributed by atoms with Crippen LogP contribution in [0.5, 0.6) is 0 Å². The molecule has 3 unspecified atom stereocenters. The Morgan fingerprint density at radius 2 is 1.75 bits per heavy atom. The van der Waals surface area contributed by atoms with Gasteiger partial charge in [-0.25, -0.2) is 4.18 Å². The first-order valence-corrected chi connectivity index (χ1v) is 8.09. The molecule has 1 aliphatic rings. The minimum Gasteiger partial charge on any atom is -0.391 e. The molecule has 120 valence electrons. The zero-order valence-electron chi connectivity index (χ0n) is 10.1. The molecule has 1 fully saturated rings. The summed E-state index contributed by atoms with van der Waals surface area (Å²) in [4.78, 5) is 0. The zero-order valence-corrected chi connectivity index (χ0v) is 11.8. The smallest absolute Gasteiger partial charge is 0.391 e. The lowest BCUT2D eigenvalue weighted by atomic mass is 9.90. The summed E-state index contributed by atoms with van der Waals surface area (Å²) in [5.41, 5.74) is 0. The number of aliphatic hydroxyl groups is 2. The molecule has 1 saturated heterocycles. The summed E-state index contributed by atoms with van der Waals surface area (Å²) in [5.74, 6) is -0.862. The molecule has 20 heavy (non-hydrogen) atoms. The van der Waals surface area contributed by atoms with Gasteiger partial charge in [-0.15, -0.1) is 0 Å². The molecular formula is C7H15NO10S2. The Morgan fingerprint density at radius 1 is 1.20 bits per heavy atom. The molecule has 1 aliphatic heterocycles. The van der Waals surface area contributed by atoms with Crippen LogP contribution >= 0.6 is 0 Å². The average Bonchev–Trinajstić information content (AvgIpc) is 2.25. The van der Waals surface area contributed by atoms with Gasteiger partial charge in [0.2, 0.25) is 0 Å². The van der Waals surface area contributed by atoms with E-state index in [-0.39, 0.29) is 0 Å². The summed E-state index contributed by atoms with van der Waals surface area (Å²) < 4.78 is 69.7. The standard InChI is InChI=1S/C7H15NO10S2/c1-3-4(2-17-20(14,15)16)18-7(10)5(6(3)9)8-19(11,12)13/h3-10H,2H2,1H3,(H,11,12,13)(H,14,15,16)/t3-,4?,5?,6-,7?/m1/s1. The first-order chi connectivity index (χ1) is 8.91. The van der Waals surface area contributed by atoms with Crippen LogP contribution in [0, 0.1) is 5.92 Å². The van der Waals surface area contributed by atoms with Crippen LogP contribution in [-0.4, -0.2) is 67.3 Å². The SMILES string of the molecule is C[C@@H]1C(COS(=O)(=O)O)OC(O)C(NS(=O)(=O)O)[C@@H]1O. The second kappa shape index (κ2) is 6.17. The van der Waals surface area contributed by atoms with Crippen molar-refractivity contribution >= 4 is 20.7 Å².